The summed E-state index contributed by atoms with van der Waals surface area (Å²) in [5.74, 6) is -1.70. The summed E-state index contributed by atoms with van der Waals surface area (Å²) >= 11 is 0. The van der Waals surface area contributed by atoms with Crippen molar-refractivity contribution in [2.75, 3.05) is 7.11 Å². The van der Waals surface area contributed by atoms with E-state index in [1.807, 2.05) is 34.6 Å². The van der Waals surface area contributed by atoms with Crippen LogP contribution in [0, 0.1) is 50.7 Å². The molecule has 1 unspecified atom stereocenters. The second-order valence-electron chi connectivity index (χ2n) is 14.0. The summed E-state index contributed by atoms with van der Waals surface area (Å²) in [5.41, 5.74) is -3.13. The third kappa shape index (κ3) is 3.15. The van der Waals surface area contributed by atoms with Crippen molar-refractivity contribution in [3.05, 3.63) is 11.6 Å². The molecule has 0 aliphatic heterocycles. The van der Waals surface area contributed by atoms with E-state index in [9.17, 15) is 24.6 Å². The van der Waals surface area contributed by atoms with Crippen LogP contribution in [0.5, 0.6) is 0 Å². The van der Waals surface area contributed by atoms with E-state index >= 15 is 0 Å². The third-order valence-corrected chi connectivity index (χ3v) is 12.5. The van der Waals surface area contributed by atoms with Gasteiger partial charge in [0.1, 0.15) is 6.29 Å². The zero-order valence-corrected chi connectivity index (χ0v) is 23.4. The van der Waals surface area contributed by atoms with E-state index < -0.39 is 33.7 Å². The first kappa shape index (κ1) is 27.3. The van der Waals surface area contributed by atoms with Crippen LogP contribution in [0.15, 0.2) is 11.6 Å². The highest BCUT2D eigenvalue weighted by atomic mass is 16.5. The number of aldehydes is 1. The van der Waals surface area contributed by atoms with Crippen LogP contribution in [0.1, 0.15) is 93.4 Å². The maximum atomic E-state index is 12.9. The summed E-state index contributed by atoms with van der Waals surface area (Å²) in [4.78, 5) is 38.5. The number of hydrogen-bond acceptors (Lipinski definition) is 5. The maximum Gasteiger partial charge on any atom is 0.311 e. The number of fused-ring (bicyclic) bond motifs is 5. The fourth-order valence-corrected chi connectivity index (χ4v) is 9.85. The summed E-state index contributed by atoms with van der Waals surface area (Å²) in [7, 11) is 1.40. The van der Waals surface area contributed by atoms with Crippen LogP contribution in [-0.2, 0) is 19.1 Å². The standard InChI is InChI=1S/C30H46O6/c1-18-11-14-30(23(32)33)16-15-27(5)19(22(30)29(18,7)35)9-10-21-26(4,17-31)20(12-13-28(21,27)6)25(2,3)24(34)36-8/h9,17-18,20-22,35H,10-16H2,1-8H3,(H,32,33)/t18-,20+,21?,22-,26+,27-,28-,29-,30+/m1/s1. The number of carbonyl (C=O) groups excluding carboxylic acids is 2. The lowest BCUT2D eigenvalue weighted by atomic mass is 9.34. The Morgan fingerprint density at radius 1 is 1.08 bits per heavy atom. The van der Waals surface area contributed by atoms with Crippen LogP contribution in [0.4, 0.5) is 0 Å². The van der Waals surface area contributed by atoms with Gasteiger partial charge in [0.15, 0.2) is 0 Å². The van der Waals surface area contributed by atoms with Crippen LogP contribution >= 0.6 is 0 Å². The molecule has 36 heavy (non-hydrogen) atoms. The second-order valence-corrected chi connectivity index (χ2v) is 14.0. The van der Waals surface area contributed by atoms with Gasteiger partial charge in [0.05, 0.1) is 23.5 Å². The van der Waals surface area contributed by atoms with Crippen molar-refractivity contribution in [2.24, 2.45) is 50.7 Å². The van der Waals surface area contributed by atoms with Gasteiger partial charge in [-0.15, -0.1) is 0 Å². The van der Waals surface area contributed by atoms with Crippen LogP contribution in [-0.4, -0.2) is 41.1 Å². The van der Waals surface area contributed by atoms with E-state index in [1.165, 1.54) is 7.11 Å². The number of carboxylic acids is 1. The molecule has 0 radical (unpaired) electrons. The number of carbonyl (C=O) groups is 3. The molecule has 0 aromatic rings. The zero-order chi connectivity index (χ0) is 27.1. The summed E-state index contributed by atoms with van der Waals surface area (Å²) in [6.45, 7) is 14.2. The van der Waals surface area contributed by atoms with Gasteiger partial charge in [-0.25, -0.2) is 0 Å². The van der Waals surface area contributed by atoms with Crippen LogP contribution in [0.2, 0.25) is 0 Å². The highest BCUT2D eigenvalue weighted by Gasteiger charge is 2.71. The fraction of sp³-hybridized carbons (Fsp3) is 0.833. The van der Waals surface area contributed by atoms with Crippen molar-refractivity contribution in [1.82, 2.24) is 0 Å². The van der Waals surface area contributed by atoms with Crippen molar-refractivity contribution in [3.63, 3.8) is 0 Å². The summed E-state index contributed by atoms with van der Waals surface area (Å²) in [5, 5.41) is 22.4. The lowest BCUT2D eigenvalue weighted by molar-refractivity contribution is -0.202. The van der Waals surface area contributed by atoms with Crippen molar-refractivity contribution < 1.29 is 29.3 Å². The Bertz CT molecular complexity index is 995. The molecule has 3 fully saturated rings. The lowest BCUT2D eigenvalue weighted by Gasteiger charge is -2.69. The van der Waals surface area contributed by atoms with Gasteiger partial charge in [0.2, 0.25) is 0 Å². The Kier molecular flexibility index (Phi) is 6.19. The number of allylic oxidation sites excluding steroid dienone is 1. The molecule has 4 rings (SSSR count). The van der Waals surface area contributed by atoms with Crippen molar-refractivity contribution >= 4 is 18.2 Å². The van der Waals surface area contributed by atoms with Gasteiger partial charge in [0.25, 0.3) is 0 Å². The van der Waals surface area contributed by atoms with E-state index in [2.05, 4.69) is 19.9 Å². The van der Waals surface area contributed by atoms with E-state index in [1.54, 1.807) is 0 Å². The average molecular weight is 503 g/mol. The Hall–Kier alpha value is -1.69. The molecule has 0 saturated heterocycles. The lowest BCUT2D eigenvalue weighted by Crippen LogP contribution is -2.67. The molecular formula is C30H46O6. The molecule has 6 nitrogen and oxygen atoms in total. The number of methoxy groups -OCH3 is 1. The molecule has 9 atom stereocenters. The molecule has 0 amide bonds. The minimum Gasteiger partial charge on any atom is -0.481 e. The summed E-state index contributed by atoms with van der Waals surface area (Å²) in [6, 6.07) is 0. The first-order chi connectivity index (χ1) is 16.5. The van der Waals surface area contributed by atoms with Gasteiger partial charge in [-0.3, -0.25) is 9.59 Å². The topological polar surface area (TPSA) is 101 Å². The number of hydrogen-bond donors (Lipinski definition) is 2. The van der Waals surface area contributed by atoms with Gasteiger partial charge in [0, 0.05) is 11.3 Å². The Morgan fingerprint density at radius 2 is 1.72 bits per heavy atom. The summed E-state index contributed by atoms with van der Waals surface area (Å²) < 4.78 is 5.15. The molecule has 6 heteroatoms. The minimum absolute atomic E-state index is 0.000544. The fourth-order valence-electron chi connectivity index (χ4n) is 9.85. The highest BCUT2D eigenvalue weighted by molar-refractivity contribution is 5.78. The first-order valence-electron chi connectivity index (χ1n) is 13.7. The average Bonchev–Trinajstić information content (AvgIpc) is 2.81. The van der Waals surface area contributed by atoms with Crippen molar-refractivity contribution in [1.29, 1.82) is 0 Å². The number of esters is 1. The van der Waals surface area contributed by atoms with Crippen molar-refractivity contribution in [3.8, 4) is 0 Å². The molecule has 0 spiro atoms. The second kappa shape index (κ2) is 8.15. The SMILES string of the molecule is COC(=O)C(C)(C)[C@@H]1CC[C@]2(C)C(CC=C3[C@H]4[C@](C(=O)O)(CC[C@@H](C)[C@@]4(C)O)CC[C@]32C)[C@@]1(C)C=O. The van der Waals surface area contributed by atoms with E-state index in [-0.39, 0.29) is 34.6 Å². The normalized spacial score (nSPS) is 48.5. The van der Waals surface area contributed by atoms with E-state index in [0.717, 1.165) is 31.1 Å². The largest absolute Gasteiger partial charge is 0.481 e. The molecular weight excluding hydrogens is 456 g/mol. The predicted molar refractivity (Wildman–Crippen MR) is 137 cm³/mol. The monoisotopic (exact) mass is 502 g/mol. The van der Waals surface area contributed by atoms with Crippen molar-refractivity contribution in [2.45, 2.75) is 99.0 Å². The molecule has 4 aliphatic carbocycles. The maximum absolute atomic E-state index is 12.9. The number of aliphatic carboxylic acids is 1. The third-order valence-electron chi connectivity index (χ3n) is 12.5. The Morgan fingerprint density at radius 3 is 2.28 bits per heavy atom. The van der Waals surface area contributed by atoms with E-state index in [0.29, 0.717) is 25.7 Å². The molecule has 0 aromatic carbocycles. The molecule has 0 heterocycles. The van der Waals surface area contributed by atoms with Gasteiger partial charge < -0.3 is 19.7 Å². The highest BCUT2D eigenvalue weighted by Crippen LogP contribution is 2.74. The number of aliphatic hydroxyl groups is 1. The van der Waals surface area contributed by atoms with Crippen LogP contribution < -0.4 is 0 Å². The Balaban J connectivity index is 1.87. The smallest absolute Gasteiger partial charge is 0.311 e. The predicted octanol–water partition coefficient (Wildman–Crippen LogP) is 5.42. The van der Waals surface area contributed by atoms with Gasteiger partial charge in [-0.1, -0.05) is 39.3 Å². The van der Waals surface area contributed by atoms with Crippen LogP contribution in [0.25, 0.3) is 0 Å². The first-order valence-corrected chi connectivity index (χ1v) is 13.7. The van der Waals surface area contributed by atoms with Gasteiger partial charge in [-0.05, 0) is 94.3 Å². The van der Waals surface area contributed by atoms with Crippen LogP contribution in [0.3, 0.4) is 0 Å². The quantitative estimate of drug-likeness (QED) is 0.302. The molecule has 2 N–H and O–H groups in total. The number of rotatable bonds is 4. The molecule has 3 saturated carbocycles. The van der Waals surface area contributed by atoms with Gasteiger partial charge >= 0.3 is 11.9 Å². The van der Waals surface area contributed by atoms with Gasteiger partial charge in [-0.2, -0.15) is 0 Å². The number of ether oxygens (including phenoxy) is 1. The number of carboxylic acid groups (broad SMARTS) is 1. The Labute approximate surface area is 216 Å². The molecule has 0 bridgehead atoms. The molecule has 4 aliphatic rings. The summed E-state index contributed by atoms with van der Waals surface area (Å²) in [6.07, 6.45) is 8.00. The van der Waals surface area contributed by atoms with E-state index in [4.69, 9.17) is 4.74 Å². The minimum atomic E-state index is -1.12. The molecule has 0 aromatic heterocycles. The zero-order valence-electron chi connectivity index (χ0n) is 23.4. The molecule has 202 valence electrons.